The Morgan fingerprint density at radius 3 is 2.50 bits per heavy atom. The van der Waals surface area contributed by atoms with E-state index in [-0.39, 0.29) is 11.6 Å². The quantitative estimate of drug-likeness (QED) is 0.809. The standard InChI is InChI=1S/C21H18O3/c22-17-10-11-21(15-7-2-1-3-8-15)20(13-18(17)24-21)12-14-6-4-5-9-16(14)19(20)23/h1-9,18H,10-13H2/t18-,20-,21+/m1/s1. The van der Waals surface area contributed by atoms with Gasteiger partial charge in [0, 0.05) is 12.0 Å². The number of carbonyl (C=O) groups is 2. The number of ketones is 2. The summed E-state index contributed by atoms with van der Waals surface area (Å²) in [5, 5.41) is 0. The Morgan fingerprint density at radius 1 is 0.958 bits per heavy atom. The number of benzene rings is 2. The molecule has 2 aliphatic heterocycles. The van der Waals surface area contributed by atoms with Crippen LogP contribution in [0.3, 0.4) is 0 Å². The molecule has 2 bridgehead atoms. The average molecular weight is 318 g/mol. The van der Waals surface area contributed by atoms with Crippen LogP contribution in [0.5, 0.6) is 0 Å². The van der Waals surface area contributed by atoms with Crippen LogP contribution >= 0.6 is 0 Å². The second kappa shape index (κ2) is 4.64. The molecule has 2 aromatic carbocycles. The molecule has 0 aromatic heterocycles. The van der Waals surface area contributed by atoms with Crippen LogP contribution < -0.4 is 0 Å². The van der Waals surface area contributed by atoms with Crippen molar-refractivity contribution < 1.29 is 14.3 Å². The number of hydrogen-bond acceptors (Lipinski definition) is 3. The normalized spacial score (nSPS) is 33.9. The minimum absolute atomic E-state index is 0.141. The Kier molecular flexibility index (Phi) is 2.73. The van der Waals surface area contributed by atoms with Crippen LogP contribution in [0.4, 0.5) is 0 Å². The van der Waals surface area contributed by atoms with E-state index in [1.165, 1.54) is 0 Å². The van der Waals surface area contributed by atoms with Crippen LogP contribution in [0.1, 0.15) is 40.7 Å². The fraction of sp³-hybridized carbons (Fsp3) is 0.333. The van der Waals surface area contributed by atoms with Crippen LogP contribution in [0.2, 0.25) is 0 Å². The molecule has 3 aliphatic rings. The lowest BCUT2D eigenvalue weighted by Gasteiger charge is -2.42. The Balaban J connectivity index is 1.73. The Hall–Kier alpha value is -2.26. The van der Waals surface area contributed by atoms with Gasteiger partial charge in [-0.05, 0) is 30.4 Å². The minimum Gasteiger partial charge on any atom is -0.358 e. The van der Waals surface area contributed by atoms with E-state index in [0.29, 0.717) is 25.7 Å². The van der Waals surface area contributed by atoms with Crippen LogP contribution in [0.25, 0.3) is 0 Å². The van der Waals surface area contributed by atoms with Gasteiger partial charge in [0.05, 0.1) is 5.41 Å². The second-order valence-corrected chi connectivity index (χ2v) is 7.22. The molecule has 2 aromatic rings. The van der Waals surface area contributed by atoms with Crippen molar-refractivity contribution in [2.24, 2.45) is 5.41 Å². The van der Waals surface area contributed by atoms with E-state index in [1.54, 1.807) is 0 Å². The number of hydrogen-bond donors (Lipinski definition) is 0. The van der Waals surface area contributed by atoms with Crippen molar-refractivity contribution in [1.29, 1.82) is 0 Å². The molecule has 2 saturated heterocycles. The zero-order chi connectivity index (χ0) is 16.4. The summed E-state index contributed by atoms with van der Waals surface area (Å²) >= 11 is 0. The van der Waals surface area contributed by atoms with Crippen molar-refractivity contribution in [3.05, 3.63) is 71.3 Å². The summed E-state index contributed by atoms with van der Waals surface area (Å²) in [6.07, 6.45) is 1.81. The van der Waals surface area contributed by atoms with Crippen molar-refractivity contribution >= 4 is 11.6 Å². The summed E-state index contributed by atoms with van der Waals surface area (Å²) in [5.74, 6) is 0.293. The summed E-state index contributed by atoms with van der Waals surface area (Å²) in [6, 6.07) is 17.9. The molecule has 3 nitrogen and oxygen atoms in total. The monoisotopic (exact) mass is 318 g/mol. The first-order valence-electron chi connectivity index (χ1n) is 8.55. The van der Waals surface area contributed by atoms with Crippen molar-refractivity contribution in [3.8, 4) is 0 Å². The van der Waals surface area contributed by atoms with Gasteiger partial charge >= 0.3 is 0 Å². The predicted octanol–water partition coefficient (Wildman–Crippen LogP) is 3.46. The first-order chi connectivity index (χ1) is 11.7. The highest BCUT2D eigenvalue weighted by Gasteiger charge is 2.68. The van der Waals surface area contributed by atoms with E-state index in [2.05, 4.69) is 0 Å². The SMILES string of the molecule is O=C1CC[C@@]2(c3ccccc3)O[C@@H]1C[C@@]21Cc2ccccc2C1=O. The number of rotatable bonds is 1. The molecule has 3 heteroatoms. The summed E-state index contributed by atoms with van der Waals surface area (Å²) in [5.41, 5.74) is 1.59. The van der Waals surface area contributed by atoms with E-state index >= 15 is 0 Å². The summed E-state index contributed by atoms with van der Waals surface area (Å²) in [6.45, 7) is 0. The van der Waals surface area contributed by atoms with Gasteiger partial charge in [-0.1, -0.05) is 54.6 Å². The van der Waals surface area contributed by atoms with Gasteiger partial charge in [-0.25, -0.2) is 0 Å². The number of fused-ring (bicyclic) bond motifs is 4. The maximum atomic E-state index is 13.5. The zero-order valence-electron chi connectivity index (χ0n) is 13.3. The summed E-state index contributed by atoms with van der Waals surface area (Å²) in [7, 11) is 0. The molecule has 0 saturated carbocycles. The first-order valence-corrected chi connectivity index (χ1v) is 8.55. The minimum atomic E-state index is -0.678. The molecule has 0 unspecified atom stereocenters. The molecule has 120 valence electrons. The molecule has 2 heterocycles. The third kappa shape index (κ3) is 1.56. The largest absolute Gasteiger partial charge is 0.358 e. The molecule has 0 N–H and O–H groups in total. The number of ether oxygens (including phenoxy) is 1. The Bertz CT molecular complexity index is 856. The van der Waals surface area contributed by atoms with Crippen LogP contribution in [-0.2, 0) is 21.6 Å². The first kappa shape index (κ1) is 14.1. The molecule has 2 fully saturated rings. The van der Waals surface area contributed by atoms with Gasteiger partial charge in [0.2, 0.25) is 0 Å². The fourth-order valence-electron chi connectivity index (χ4n) is 5.06. The summed E-state index contributed by atoms with van der Waals surface area (Å²) < 4.78 is 6.35. The van der Waals surface area contributed by atoms with E-state index in [9.17, 15) is 9.59 Å². The molecule has 24 heavy (non-hydrogen) atoms. The lowest BCUT2D eigenvalue weighted by molar-refractivity contribution is -0.152. The van der Waals surface area contributed by atoms with Gasteiger partial charge in [-0.3, -0.25) is 9.59 Å². The van der Waals surface area contributed by atoms with Crippen molar-refractivity contribution in [2.45, 2.75) is 37.4 Å². The van der Waals surface area contributed by atoms with Gasteiger partial charge in [0.15, 0.2) is 11.6 Å². The molecule has 0 amide bonds. The van der Waals surface area contributed by atoms with Crippen LogP contribution in [-0.4, -0.2) is 17.7 Å². The third-order valence-corrected chi connectivity index (χ3v) is 6.16. The Labute approximate surface area is 140 Å². The van der Waals surface area contributed by atoms with Gasteiger partial charge in [0.1, 0.15) is 11.7 Å². The Morgan fingerprint density at radius 2 is 1.71 bits per heavy atom. The van der Waals surface area contributed by atoms with Crippen LogP contribution in [0, 0.1) is 5.41 Å². The van der Waals surface area contributed by atoms with Gasteiger partial charge in [-0.2, -0.15) is 0 Å². The van der Waals surface area contributed by atoms with E-state index in [1.807, 2.05) is 54.6 Å². The molecular formula is C21H18O3. The zero-order valence-corrected chi connectivity index (χ0v) is 13.3. The maximum Gasteiger partial charge on any atom is 0.172 e. The number of carbonyl (C=O) groups excluding carboxylic acids is 2. The highest BCUT2D eigenvalue weighted by molar-refractivity contribution is 6.07. The number of Topliss-reactive ketones (excluding diaryl/α,β-unsaturated/α-hetero) is 2. The van der Waals surface area contributed by atoms with E-state index in [4.69, 9.17) is 4.74 Å². The van der Waals surface area contributed by atoms with Crippen LogP contribution in [0.15, 0.2) is 54.6 Å². The van der Waals surface area contributed by atoms with E-state index < -0.39 is 17.1 Å². The lowest BCUT2D eigenvalue weighted by atomic mass is 9.64. The topological polar surface area (TPSA) is 43.4 Å². The molecular weight excluding hydrogens is 300 g/mol. The van der Waals surface area contributed by atoms with Crippen molar-refractivity contribution in [2.75, 3.05) is 0 Å². The molecule has 3 atom stereocenters. The molecule has 0 radical (unpaired) electrons. The lowest BCUT2D eigenvalue weighted by Crippen LogP contribution is -2.48. The molecule has 1 spiro atoms. The average Bonchev–Trinajstić information content (AvgIpc) is 3.07. The maximum absolute atomic E-state index is 13.5. The third-order valence-electron chi connectivity index (χ3n) is 6.16. The van der Waals surface area contributed by atoms with E-state index in [0.717, 1.165) is 16.7 Å². The summed E-state index contributed by atoms with van der Waals surface area (Å²) in [4.78, 5) is 25.8. The molecule has 1 aliphatic carbocycles. The van der Waals surface area contributed by atoms with Gasteiger partial charge < -0.3 is 4.74 Å². The second-order valence-electron chi connectivity index (χ2n) is 7.22. The highest BCUT2D eigenvalue weighted by Crippen LogP contribution is 2.63. The predicted molar refractivity (Wildman–Crippen MR) is 88.8 cm³/mol. The van der Waals surface area contributed by atoms with Crippen molar-refractivity contribution in [3.63, 3.8) is 0 Å². The fourth-order valence-corrected chi connectivity index (χ4v) is 5.06. The van der Waals surface area contributed by atoms with Gasteiger partial charge in [-0.15, -0.1) is 0 Å². The van der Waals surface area contributed by atoms with Gasteiger partial charge in [0.25, 0.3) is 0 Å². The smallest absolute Gasteiger partial charge is 0.172 e. The molecule has 5 rings (SSSR count). The highest BCUT2D eigenvalue weighted by atomic mass is 16.5. The van der Waals surface area contributed by atoms with Crippen molar-refractivity contribution in [1.82, 2.24) is 0 Å².